The van der Waals surface area contributed by atoms with Gasteiger partial charge in [0.25, 0.3) is 0 Å². The van der Waals surface area contributed by atoms with Crippen molar-refractivity contribution in [1.29, 1.82) is 0 Å². The fraction of sp³-hybridized carbons (Fsp3) is 0.500. The van der Waals surface area contributed by atoms with Gasteiger partial charge in [0.2, 0.25) is 0 Å². The molecule has 9 heteroatoms. The van der Waals surface area contributed by atoms with Crippen LogP contribution in [0.3, 0.4) is 0 Å². The van der Waals surface area contributed by atoms with E-state index in [1.54, 1.807) is 0 Å². The van der Waals surface area contributed by atoms with Gasteiger partial charge in [0.05, 0.1) is 0 Å². The van der Waals surface area contributed by atoms with Gasteiger partial charge in [0, 0.05) is 11.2 Å². The van der Waals surface area contributed by atoms with E-state index < -0.39 is 21.8 Å². The highest BCUT2D eigenvalue weighted by atomic mass is 32.8. The second kappa shape index (κ2) is 5.27. The third-order valence-corrected chi connectivity index (χ3v) is 0.243. The van der Waals surface area contributed by atoms with Gasteiger partial charge in [0.1, 0.15) is 9.64 Å². The van der Waals surface area contributed by atoms with E-state index in [1.807, 2.05) is 0 Å². The van der Waals surface area contributed by atoms with Crippen molar-refractivity contribution in [2.45, 2.75) is 6.18 Å². The average molecular weight is 212 g/mol. The molecule has 1 unspecified atom stereocenters. The molecule has 0 heterocycles. The molecular weight excluding hydrogens is 209 g/mol. The van der Waals surface area contributed by atoms with Crippen molar-refractivity contribution in [1.82, 2.24) is 0 Å². The van der Waals surface area contributed by atoms with Crippen LogP contribution in [0.1, 0.15) is 0 Å². The minimum atomic E-state index is -5.08. The number of carboxylic acid groups (broad SMARTS) is 1. The van der Waals surface area contributed by atoms with E-state index in [0.717, 1.165) is 0 Å². The van der Waals surface area contributed by atoms with Crippen molar-refractivity contribution in [3.63, 3.8) is 0 Å². The van der Waals surface area contributed by atoms with Crippen LogP contribution in [-0.4, -0.2) is 26.0 Å². The molecule has 0 fully saturated rings. The third kappa shape index (κ3) is 17.7. The van der Waals surface area contributed by atoms with Gasteiger partial charge < -0.3 is 9.66 Å². The lowest BCUT2D eigenvalue weighted by atomic mass is 10.7. The minimum Gasteiger partial charge on any atom is -0.475 e. The summed E-state index contributed by atoms with van der Waals surface area (Å²) in [5.41, 5.74) is 0. The van der Waals surface area contributed by atoms with Gasteiger partial charge in [-0.2, -0.15) is 13.2 Å². The molecule has 0 amide bonds. The number of aliphatic carboxylic acids is 1. The fourth-order valence-corrected chi connectivity index (χ4v) is 0. The Kier molecular flexibility index (Phi) is 6.32. The topological polar surface area (TPSA) is 74.6 Å². The van der Waals surface area contributed by atoms with Gasteiger partial charge in [-0.15, -0.1) is 0 Å². The smallest absolute Gasteiger partial charge is 0.475 e. The van der Waals surface area contributed by atoms with Crippen LogP contribution >= 0.6 is 0 Å². The molecular formula is C2H3F3O4S2. The van der Waals surface area contributed by atoms with Crippen LogP contribution in [0.25, 0.3) is 0 Å². The van der Waals surface area contributed by atoms with E-state index in [9.17, 15) is 13.2 Å². The quantitative estimate of drug-likeness (QED) is 0.494. The average Bonchev–Trinajstić information content (AvgIpc) is 1.59. The van der Waals surface area contributed by atoms with Crippen LogP contribution in [0, 0.1) is 0 Å². The van der Waals surface area contributed by atoms with E-state index in [2.05, 4.69) is 11.2 Å². The SMILES string of the molecule is O=C(O)C(F)(F)F.O=[SH](O)=S. The summed E-state index contributed by atoms with van der Waals surface area (Å²) in [6.07, 6.45) is -5.08. The van der Waals surface area contributed by atoms with Crippen LogP contribution in [0.2, 0.25) is 0 Å². The van der Waals surface area contributed by atoms with Crippen LogP contribution in [0.5, 0.6) is 0 Å². The number of halogens is 3. The molecule has 0 saturated carbocycles. The normalized spacial score (nSPS) is 12.7. The highest BCUT2D eigenvalue weighted by Crippen LogP contribution is 2.13. The summed E-state index contributed by atoms with van der Waals surface area (Å²) < 4.78 is 48.1. The fourth-order valence-electron chi connectivity index (χ4n) is 0. The largest absolute Gasteiger partial charge is 0.490 e. The molecule has 0 aliphatic carbocycles. The van der Waals surface area contributed by atoms with E-state index >= 15 is 0 Å². The molecule has 2 N–H and O–H groups in total. The van der Waals surface area contributed by atoms with Crippen molar-refractivity contribution in [3.8, 4) is 0 Å². The lowest BCUT2D eigenvalue weighted by Gasteiger charge is -1.93. The Balaban J connectivity index is 0. The van der Waals surface area contributed by atoms with Gasteiger partial charge >= 0.3 is 12.1 Å². The van der Waals surface area contributed by atoms with Crippen molar-refractivity contribution in [2.24, 2.45) is 0 Å². The molecule has 0 aromatic carbocycles. The van der Waals surface area contributed by atoms with E-state index in [0.29, 0.717) is 0 Å². The molecule has 1 atom stereocenters. The number of hydrogen-bond acceptors (Lipinski definition) is 3. The Morgan fingerprint density at radius 3 is 1.55 bits per heavy atom. The summed E-state index contributed by atoms with van der Waals surface area (Å²) in [5, 5.41) is 7.12. The van der Waals surface area contributed by atoms with Gasteiger partial charge in [-0.1, -0.05) is 0 Å². The van der Waals surface area contributed by atoms with Crippen LogP contribution in [0.15, 0.2) is 0 Å². The van der Waals surface area contributed by atoms with Gasteiger partial charge in [-0.3, -0.25) is 0 Å². The van der Waals surface area contributed by atoms with Gasteiger partial charge in [-0.05, 0) is 0 Å². The van der Waals surface area contributed by atoms with Crippen LogP contribution in [-0.2, 0) is 25.6 Å². The Hall–Kier alpha value is -0.410. The molecule has 0 rings (SSSR count). The molecule has 0 bridgehead atoms. The van der Waals surface area contributed by atoms with Gasteiger partial charge in [0.15, 0.2) is 0 Å². The predicted octanol–water partition coefficient (Wildman–Crippen LogP) is 0.0356. The predicted molar refractivity (Wildman–Crippen MR) is 33.2 cm³/mol. The first-order chi connectivity index (χ1) is 4.68. The Morgan fingerprint density at radius 1 is 1.45 bits per heavy atom. The van der Waals surface area contributed by atoms with Crippen molar-refractivity contribution >= 4 is 26.8 Å². The summed E-state index contributed by atoms with van der Waals surface area (Å²) in [4.78, 5) is 8.90. The molecule has 68 valence electrons. The van der Waals surface area contributed by atoms with Crippen molar-refractivity contribution in [2.75, 3.05) is 0 Å². The first-order valence-corrected chi connectivity index (χ1v) is 4.04. The standard InChI is InChI=1S/C2HF3O2.H2O2S2/c3-2(4,5)1(6)7;1-4(2)3/h(H,6,7);4H,(H,1,2,3). The molecule has 4 nitrogen and oxygen atoms in total. The summed E-state index contributed by atoms with van der Waals surface area (Å²) in [6.45, 7) is 0. The highest BCUT2D eigenvalue weighted by Gasteiger charge is 2.38. The Bertz CT molecular complexity index is 186. The molecule has 0 aliphatic rings. The second-order valence-electron chi connectivity index (χ2n) is 1.04. The number of hydrogen-bond donors (Lipinski definition) is 3. The minimum absolute atomic E-state index is 2.29. The second-order valence-corrected chi connectivity index (χ2v) is 2.45. The zero-order valence-corrected chi connectivity index (χ0v) is 6.41. The van der Waals surface area contributed by atoms with E-state index in [-0.39, 0.29) is 0 Å². The molecule has 0 aromatic heterocycles. The van der Waals surface area contributed by atoms with Crippen LogP contribution in [0.4, 0.5) is 13.2 Å². The summed E-state index contributed by atoms with van der Waals surface area (Å²) >= 11 is 3.69. The monoisotopic (exact) mass is 212 g/mol. The first-order valence-electron chi connectivity index (χ1n) is 1.81. The summed E-state index contributed by atoms with van der Waals surface area (Å²) in [7, 11) is -2.29. The highest BCUT2D eigenvalue weighted by molar-refractivity contribution is 8.18. The van der Waals surface area contributed by atoms with E-state index in [1.165, 1.54) is 0 Å². The molecule has 0 spiro atoms. The van der Waals surface area contributed by atoms with Crippen LogP contribution < -0.4 is 0 Å². The molecule has 0 aliphatic heterocycles. The third-order valence-electron chi connectivity index (χ3n) is 0.243. The molecule has 11 heavy (non-hydrogen) atoms. The number of carbonyl (C=O) groups is 1. The van der Waals surface area contributed by atoms with Crippen molar-refractivity contribution < 1.29 is 31.8 Å². The first kappa shape index (κ1) is 13.2. The number of rotatable bonds is 0. The number of carboxylic acids is 1. The summed E-state index contributed by atoms with van der Waals surface area (Å²) in [5.74, 6) is -2.76. The Morgan fingerprint density at radius 2 is 1.55 bits per heavy atom. The maximum Gasteiger partial charge on any atom is 0.490 e. The maximum absolute atomic E-state index is 10.6. The zero-order valence-electron chi connectivity index (χ0n) is 4.70. The Labute approximate surface area is 65.5 Å². The lowest BCUT2D eigenvalue weighted by molar-refractivity contribution is -0.192. The molecule has 0 aromatic rings. The molecule has 0 saturated heterocycles. The number of alkyl halides is 3. The van der Waals surface area contributed by atoms with Crippen molar-refractivity contribution in [3.05, 3.63) is 0 Å². The number of thiol groups is 1. The zero-order chi connectivity index (χ0) is 9.65. The van der Waals surface area contributed by atoms with E-state index in [4.69, 9.17) is 18.7 Å². The molecule has 0 radical (unpaired) electrons. The maximum atomic E-state index is 10.6. The van der Waals surface area contributed by atoms with Gasteiger partial charge in [-0.25, -0.2) is 9.00 Å². The lowest BCUT2D eigenvalue weighted by Crippen LogP contribution is -2.21. The summed E-state index contributed by atoms with van der Waals surface area (Å²) in [6, 6.07) is 0.